The molecule has 25 heavy (non-hydrogen) atoms. The van der Waals surface area contributed by atoms with Crippen LogP contribution in [0, 0.1) is 5.92 Å². The van der Waals surface area contributed by atoms with Gasteiger partial charge < -0.3 is 9.64 Å². The lowest BCUT2D eigenvalue weighted by Crippen LogP contribution is -2.41. The van der Waals surface area contributed by atoms with E-state index in [0.29, 0.717) is 11.1 Å². The minimum atomic E-state index is -0.203. The zero-order chi connectivity index (χ0) is 17.8. The van der Waals surface area contributed by atoms with E-state index < -0.39 is 0 Å². The van der Waals surface area contributed by atoms with Crippen molar-refractivity contribution in [2.75, 3.05) is 20.2 Å². The Balaban J connectivity index is 1.73. The highest BCUT2D eigenvalue weighted by atomic mass is 32.2. The monoisotopic (exact) mass is 360 g/mol. The SMILES string of the molecule is COc1ccccc1-n1cnnc1S[C@H](C)C(=O)N1CCC(C)CC1. The number of methoxy groups -OCH3 is 1. The van der Waals surface area contributed by atoms with Gasteiger partial charge in [-0.25, -0.2) is 0 Å². The number of ether oxygens (including phenoxy) is 1. The maximum atomic E-state index is 12.7. The van der Waals surface area contributed by atoms with Crippen LogP contribution in [0.15, 0.2) is 35.7 Å². The first-order chi connectivity index (χ1) is 12.1. The minimum absolute atomic E-state index is 0.173. The second kappa shape index (κ2) is 7.91. The molecule has 7 heteroatoms. The summed E-state index contributed by atoms with van der Waals surface area (Å²) in [6.45, 7) is 5.89. The number of hydrogen-bond acceptors (Lipinski definition) is 5. The number of amides is 1. The normalized spacial score (nSPS) is 16.7. The number of aromatic nitrogens is 3. The van der Waals surface area contributed by atoms with E-state index in [1.807, 2.05) is 40.7 Å². The Morgan fingerprint density at radius 3 is 2.76 bits per heavy atom. The molecule has 0 saturated carbocycles. The molecule has 0 aliphatic carbocycles. The summed E-state index contributed by atoms with van der Waals surface area (Å²) < 4.78 is 7.29. The molecule has 2 heterocycles. The van der Waals surface area contributed by atoms with Crippen molar-refractivity contribution in [3.8, 4) is 11.4 Å². The van der Waals surface area contributed by atoms with Gasteiger partial charge in [-0.15, -0.1) is 10.2 Å². The first kappa shape index (κ1) is 17.8. The van der Waals surface area contributed by atoms with Crippen molar-refractivity contribution >= 4 is 17.7 Å². The molecule has 134 valence electrons. The van der Waals surface area contributed by atoms with Crippen LogP contribution in [0.25, 0.3) is 5.69 Å². The molecule has 0 radical (unpaired) electrons. The average molecular weight is 360 g/mol. The van der Waals surface area contributed by atoms with Gasteiger partial charge in [0.1, 0.15) is 12.1 Å². The van der Waals surface area contributed by atoms with Crippen LogP contribution in [0.2, 0.25) is 0 Å². The van der Waals surface area contributed by atoms with Crippen molar-refractivity contribution in [3.05, 3.63) is 30.6 Å². The van der Waals surface area contributed by atoms with Crippen molar-refractivity contribution in [3.63, 3.8) is 0 Å². The molecule has 2 aromatic rings. The lowest BCUT2D eigenvalue weighted by atomic mass is 9.99. The fourth-order valence-electron chi connectivity index (χ4n) is 2.99. The highest BCUT2D eigenvalue weighted by Gasteiger charge is 2.26. The summed E-state index contributed by atoms with van der Waals surface area (Å²) in [6, 6.07) is 7.71. The molecule has 6 nitrogen and oxygen atoms in total. The summed E-state index contributed by atoms with van der Waals surface area (Å²) in [5.41, 5.74) is 0.865. The molecule has 1 aliphatic heterocycles. The van der Waals surface area contributed by atoms with Crippen LogP contribution in [0.3, 0.4) is 0 Å². The number of piperidine rings is 1. The minimum Gasteiger partial charge on any atom is -0.495 e. The predicted octanol–water partition coefficient (Wildman–Crippen LogP) is 3.02. The van der Waals surface area contributed by atoms with Crippen molar-refractivity contribution in [1.82, 2.24) is 19.7 Å². The van der Waals surface area contributed by atoms with E-state index in [1.165, 1.54) is 11.8 Å². The van der Waals surface area contributed by atoms with E-state index in [2.05, 4.69) is 17.1 Å². The van der Waals surface area contributed by atoms with Crippen molar-refractivity contribution in [2.45, 2.75) is 37.1 Å². The Hall–Kier alpha value is -2.02. The molecule has 3 rings (SSSR count). The molecular formula is C18H24N4O2S. The van der Waals surface area contributed by atoms with Crippen LogP contribution < -0.4 is 4.74 Å². The fourth-order valence-corrected chi connectivity index (χ4v) is 3.91. The van der Waals surface area contributed by atoms with Crippen LogP contribution >= 0.6 is 11.8 Å². The maximum absolute atomic E-state index is 12.7. The molecular weight excluding hydrogens is 336 g/mol. The van der Waals surface area contributed by atoms with Gasteiger partial charge in [0.15, 0.2) is 5.16 Å². The van der Waals surface area contributed by atoms with Crippen LogP contribution in [0.5, 0.6) is 5.75 Å². The van der Waals surface area contributed by atoms with E-state index in [4.69, 9.17) is 4.74 Å². The lowest BCUT2D eigenvalue weighted by molar-refractivity contribution is -0.131. The van der Waals surface area contributed by atoms with Crippen LogP contribution in [0.4, 0.5) is 0 Å². The maximum Gasteiger partial charge on any atom is 0.235 e. The highest BCUT2D eigenvalue weighted by Crippen LogP contribution is 2.29. The summed E-state index contributed by atoms with van der Waals surface area (Å²) in [6.07, 6.45) is 3.82. The van der Waals surface area contributed by atoms with Gasteiger partial charge in [-0.1, -0.05) is 30.8 Å². The van der Waals surface area contributed by atoms with Crippen LogP contribution in [-0.2, 0) is 4.79 Å². The molecule has 1 aliphatic rings. The zero-order valence-electron chi connectivity index (χ0n) is 14.9. The summed E-state index contributed by atoms with van der Waals surface area (Å²) >= 11 is 1.44. The first-order valence-electron chi connectivity index (χ1n) is 8.59. The first-order valence-corrected chi connectivity index (χ1v) is 9.47. The molecule has 1 atom stereocenters. The third-order valence-corrected chi connectivity index (χ3v) is 5.63. The smallest absolute Gasteiger partial charge is 0.235 e. The van der Waals surface area contributed by atoms with E-state index in [0.717, 1.165) is 37.4 Å². The molecule has 0 spiro atoms. The summed E-state index contributed by atoms with van der Waals surface area (Å²) in [4.78, 5) is 14.7. The van der Waals surface area contributed by atoms with Gasteiger partial charge in [-0.2, -0.15) is 0 Å². The molecule has 0 bridgehead atoms. The number of para-hydroxylation sites is 2. The standard InChI is InChI=1S/C18H24N4O2S/c1-13-8-10-21(11-9-13)17(23)14(2)25-18-20-19-12-22(18)15-6-4-5-7-16(15)24-3/h4-7,12-14H,8-11H2,1-3H3/t14-/m1/s1. The molecule has 1 aromatic carbocycles. The Morgan fingerprint density at radius 1 is 1.32 bits per heavy atom. The van der Waals surface area contributed by atoms with E-state index >= 15 is 0 Å². The molecule has 1 saturated heterocycles. The highest BCUT2D eigenvalue weighted by molar-refractivity contribution is 8.00. The van der Waals surface area contributed by atoms with Crippen LogP contribution in [-0.4, -0.2) is 51.0 Å². The molecule has 1 amide bonds. The van der Waals surface area contributed by atoms with E-state index in [-0.39, 0.29) is 11.2 Å². The van der Waals surface area contributed by atoms with Gasteiger partial charge in [0.25, 0.3) is 0 Å². The third kappa shape index (κ3) is 3.98. The number of carbonyl (C=O) groups excluding carboxylic acids is 1. The molecule has 0 unspecified atom stereocenters. The number of rotatable bonds is 5. The summed E-state index contributed by atoms with van der Waals surface area (Å²) in [5.74, 6) is 1.63. The zero-order valence-corrected chi connectivity index (χ0v) is 15.7. The van der Waals surface area contributed by atoms with Gasteiger partial charge in [0.05, 0.1) is 18.0 Å². The van der Waals surface area contributed by atoms with Crippen molar-refractivity contribution in [2.24, 2.45) is 5.92 Å². The number of thioether (sulfide) groups is 1. The van der Waals surface area contributed by atoms with E-state index in [1.54, 1.807) is 13.4 Å². The summed E-state index contributed by atoms with van der Waals surface area (Å²) in [7, 11) is 1.64. The lowest BCUT2D eigenvalue weighted by Gasteiger charge is -2.31. The largest absolute Gasteiger partial charge is 0.495 e. The second-order valence-corrected chi connectivity index (χ2v) is 7.73. The Bertz CT molecular complexity index is 725. The Kier molecular flexibility index (Phi) is 5.63. The number of carbonyl (C=O) groups is 1. The van der Waals surface area contributed by atoms with Crippen LogP contribution in [0.1, 0.15) is 26.7 Å². The Labute approximate surface area is 152 Å². The number of benzene rings is 1. The third-order valence-electron chi connectivity index (χ3n) is 4.59. The predicted molar refractivity (Wildman–Crippen MR) is 98.2 cm³/mol. The van der Waals surface area contributed by atoms with Crippen molar-refractivity contribution in [1.29, 1.82) is 0 Å². The second-order valence-electron chi connectivity index (χ2n) is 6.42. The van der Waals surface area contributed by atoms with Gasteiger partial charge >= 0.3 is 0 Å². The average Bonchev–Trinajstić information content (AvgIpc) is 3.09. The number of nitrogens with zero attached hydrogens (tertiary/aromatic N) is 4. The quantitative estimate of drug-likeness (QED) is 0.767. The molecule has 1 aromatic heterocycles. The Morgan fingerprint density at radius 2 is 2.04 bits per heavy atom. The van der Waals surface area contributed by atoms with E-state index in [9.17, 15) is 4.79 Å². The van der Waals surface area contributed by atoms with Gasteiger partial charge in [0, 0.05) is 13.1 Å². The molecule has 1 fully saturated rings. The van der Waals surface area contributed by atoms with Gasteiger partial charge in [0.2, 0.25) is 5.91 Å². The topological polar surface area (TPSA) is 60.2 Å². The number of likely N-dealkylation sites (tertiary alicyclic amines) is 1. The molecule has 0 N–H and O–H groups in total. The number of hydrogen-bond donors (Lipinski definition) is 0. The van der Waals surface area contributed by atoms with Gasteiger partial charge in [-0.05, 0) is 37.8 Å². The van der Waals surface area contributed by atoms with Crippen molar-refractivity contribution < 1.29 is 9.53 Å². The fraction of sp³-hybridized carbons (Fsp3) is 0.500. The summed E-state index contributed by atoms with van der Waals surface area (Å²) in [5, 5.41) is 8.71. The van der Waals surface area contributed by atoms with Gasteiger partial charge in [-0.3, -0.25) is 9.36 Å².